The molecule has 2 aromatic rings. The molecule has 0 saturated carbocycles. The minimum atomic E-state index is -0.349. The molecule has 0 atom stereocenters. The number of ether oxygens (including phenoxy) is 4. The van der Waals surface area contributed by atoms with Gasteiger partial charge in [-0.05, 0) is 22.3 Å². The molecule has 2 aromatic carbocycles. The number of amides is 1. The second-order valence-electron chi connectivity index (χ2n) is 6.99. The maximum atomic E-state index is 12.4. The molecule has 0 aliphatic heterocycles. The molecule has 1 aliphatic rings. The van der Waals surface area contributed by atoms with E-state index in [0.717, 1.165) is 0 Å². The predicted molar refractivity (Wildman–Crippen MR) is 115 cm³/mol. The Balaban J connectivity index is 1.39. The van der Waals surface area contributed by atoms with Crippen LogP contribution in [0.3, 0.4) is 0 Å². The van der Waals surface area contributed by atoms with Crippen molar-refractivity contribution in [2.75, 3.05) is 53.2 Å². The first kappa shape index (κ1) is 21.9. The first-order valence-electron chi connectivity index (χ1n) is 10.2. The van der Waals surface area contributed by atoms with E-state index in [2.05, 4.69) is 30.8 Å². The van der Waals surface area contributed by atoms with Gasteiger partial charge in [-0.3, -0.25) is 0 Å². The fourth-order valence-corrected chi connectivity index (χ4v) is 3.51. The topological polar surface area (TPSA) is 57.2 Å². The zero-order valence-electron chi connectivity index (χ0n) is 17.4. The highest BCUT2D eigenvalue weighted by atomic mass is 16.6. The fourth-order valence-electron chi connectivity index (χ4n) is 3.51. The van der Waals surface area contributed by atoms with Gasteiger partial charge in [0.1, 0.15) is 13.2 Å². The monoisotopic (exact) mass is 411 g/mol. The number of fused-ring (bicyclic) bond motifs is 3. The van der Waals surface area contributed by atoms with Crippen LogP contribution in [0.4, 0.5) is 4.79 Å². The van der Waals surface area contributed by atoms with E-state index in [4.69, 9.17) is 18.9 Å². The van der Waals surface area contributed by atoms with Crippen LogP contribution in [0.25, 0.3) is 11.1 Å². The van der Waals surface area contributed by atoms with E-state index in [9.17, 15) is 4.79 Å². The normalized spacial score (nSPS) is 12.2. The Morgan fingerprint density at radius 3 is 2.13 bits per heavy atom. The van der Waals surface area contributed by atoms with Gasteiger partial charge in [0.25, 0.3) is 0 Å². The Morgan fingerprint density at radius 2 is 1.50 bits per heavy atom. The van der Waals surface area contributed by atoms with Crippen molar-refractivity contribution in [1.82, 2.24) is 4.90 Å². The first-order valence-corrected chi connectivity index (χ1v) is 10.2. The molecule has 160 valence electrons. The van der Waals surface area contributed by atoms with Crippen molar-refractivity contribution in [1.29, 1.82) is 0 Å². The molecule has 0 N–H and O–H groups in total. The zero-order valence-corrected chi connectivity index (χ0v) is 17.4. The average molecular weight is 411 g/mol. The summed E-state index contributed by atoms with van der Waals surface area (Å²) in [5.74, 6) is 0.0632. The molecule has 0 bridgehead atoms. The Kier molecular flexibility index (Phi) is 8.30. The van der Waals surface area contributed by atoms with Crippen molar-refractivity contribution in [3.05, 3.63) is 72.5 Å². The Labute approximate surface area is 178 Å². The second kappa shape index (κ2) is 11.4. The molecule has 0 radical (unpaired) electrons. The molecule has 1 aliphatic carbocycles. The molecule has 0 saturated heterocycles. The van der Waals surface area contributed by atoms with Crippen molar-refractivity contribution in [2.45, 2.75) is 5.92 Å². The lowest BCUT2D eigenvalue weighted by molar-refractivity contribution is 0.0248. The lowest BCUT2D eigenvalue weighted by Gasteiger charge is -2.19. The third-order valence-electron chi connectivity index (χ3n) is 5.05. The number of carbonyl (C=O) groups is 1. The van der Waals surface area contributed by atoms with E-state index in [1.807, 2.05) is 24.3 Å². The molecule has 6 heteroatoms. The van der Waals surface area contributed by atoms with Gasteiger partial charge < -0.3 is 23.8 Å². The summed E-state index contributed by atoms with van der Waals surface area (Å²) in [6.07, 6.45) is 1.04. The van der Waals surface area contributed by atoms with Crippen LogP contribution >= 0.6 is 0 Å². The molecular weight excluding hydrogens is 382 g/mol. The third kappa shape index (κ3) is 5.62. The summed E-state index contributed by atoms with van der Waals surface area (Å²) in [5, 5.41) is 0. The fraction of sp³-hybridized carbons (Fsp3) is 0.375. The van der Waals surface area contributed by atoms with E-state index in [1.165, 1.54) is 33.4 Å². The second-order valence-corrected chi connectivity index (χ2v) is 6.99. The number of carbonyl (C=O) groups excluding carboxylic acids is 1. The molecule has 0 fully saturated rings. The molecule has 3 rings (SSSR count). The van der Waals surface area contributed by atoms with Gasteiger partial charge >= 0.3 is 6.09 Å². The molecular formula is C24H29NO5. The van der Waals surface area contributed by atoms with Crippen LogP contribution < -0.4 is 0 Å². The van der Waals surface area contributed by atoms with E-state index in [-0.39, 0.29) is 12.0 Å². The van der Waals surface area contributed by atoms with Crippen LogP contribution in [-0.2, 0) is 18.9 Å². The molecule has 30 heavy (non-hydrogen) atoms. The zero-order chi connectivity index (χ0) is 21.2. The van der Waals surface area contributed by atoms with Crippen molar-refractivity contribution in [3.63, 3.8) is 0 Å². The summed E-state index contributed by atoms with van der Waals surface area (Å²) in [5.41, 5.74) is 4.84. The molecule has 0 spiro atoms. The molecule has 0 heterocycles. The highest BCUT2D eigenvalue weighted by Crippen LogP contribution is 2.44. The Morgan fingerprint density at radius 1 is 0.933 bits per heavy atom. The smallest absolute Gasteiger partial charge is 0.409 e. The number of rotatable bonds is 12. The minimum absolute atomic E-state index is 0.0632. The maximum Gasteiger partial charge on any atom is 0.409 e. The van der Waals surface area contributed by atoms with Gasteiger partial charge in [-0.25, -0.2) is 4.79 Å². The largest absolute Gasteiger partial charge is 0.499 e. The number of likely N-dealkylation sites (N-methyl/N-ethyl adjacent to an activating group) is 1. The van der Waals surface area contributed by atoms with Crippen LogP contribution in [0, 0.1) is 0 Å². The molecule has 1 amide bonds. The van der Waals surface area contributed by atoms with Crippen molar-refractivity contribution in [2.24, 2.45) is 0 Å². The van der Waals surface area contributed by atoms with E-state index in [0.29, 0.717) is 46.2 Å². The van der Waals surface area contributed by atoms with Crippen molar-refractivity contribution >= 4 is 6.09 Å². The number of nitrogens with zero attached hydrogens (tertiary/aromatic N) is 1. The highest BCUT2D eigenvalue weighted by molar-refractivity contribution is 5.79. The number of hydrogen-bond donors (Lipinski definition) is 0. The molecule has 6 nitrogen and oxygen atoms in total. The highest BCUT2D eigenvalue weighted by Gasteiger charge is 2.29. The van der Waals surface area contributed by atoms with E-state index >= 15 is 0 Å². The number of benzene rings is 2. The summed E-state index contributed by atoms with van der Waals surface area (Å²) in [7, 11) is 1.71. The lowest BCUT2D eigenvalue weighted by Crippen LogP contribution is -2.32. The summed E-state index contributed by atoms with van der Waals surface area (Å²) in [6, 6.07) is 16.6. The summed E-state index contributed by atoms with van der Waals surface area (Å²) < 4.78 is 21.4. The predicted octanol–water partition coefficient (Wildman–Crippen LogP) is 4.06. The van der Waals surface area contributed by atoms with Gasteiger partial charge in [0.05, 0.1) is 32.7 Å². The van der Waals surface area contributed by atoms with Gasteiger partial charge in [-0.15, -0.1) is 0 Å². The molecule has 0 aromatic heterocycles. The SMILES string of the molecule is C=COCCOCCOCCN(C)C(=O)OCC1c2ccccc2-c2ccccc21. The van der Waals surface area contributed by atoms with Gasteiger partial charge in [0.15, 0.2) is 0 Å². The molecule has 0 unspecified atom stereocenters. The van der Waals surface area contributed by atoms with Crippen LogP contribution in [0.2, 0.25) is 0 Å². The van der Waals surface area contributed by atoms with E-state index in [1.54, 1.807) is 7.05 Å². The number of hydrogen-bond acceptors (Lipinski definition) is 5. The summed E-state index contributed by atoms with van der Waals surface area (Å²) >= 11 is 0. The standard InChI is InChI=1S/C24H29NO5/c1-3-27-14-15-29-17-16-28-13-12-25(2)24(26)30-18-23-21-10-6-4-8-19(21)20-9-5-7-11-22(20)23/h3-11,23H,1,12-18H2,2H3. The Hall–Kier alpha value is -2.83. The lowest BCUT2D eigenvalue weighted by atomic mass is 9.98. The van der Waals surface area contributed by atoms with Crippen LogP contribution in [0.15, 0.2) is 61.4 Å². The minimum Gasteiger partial charge on any atom is -0.499 e. The van der Waals surface area contributed by atoms with Crippen LogP contribution in [0.5, 0.6) is 0 Å². The third-order valence-corrected chi connectivity index (χ3v) is 5.05. The summed E-state index contributed by atoms with van der Waals surface area (Å²) in [6.45, 7) is 6.58. The summed E-state index contributed by atoms with van der Waals surface area (Å²) in [4.78, 5) is 13.9. The van der Waals surface area contributed by atoms with Gasteiger partial charge in [-0.2, -0.15) is 0 Å². The Bertz CT molecular complexity index is 792. The van der Waals surface area contributed by atoms with Crippen LogP contribution in [0.1, 0.15) is 17.0 Å². The quantitative estimate of drug-likeness (QED) is 0.389. The van der Waals surface area contributed by atoms with Gasteiger partial charge in [0, 0.05) is 19.5 Å². The van der Waals surface area contributed by atoms with E-state index < -0.39 is 0 Å². The van der Waals surface area contributed by atoms with Crippen LogP contribution in [-0.4, -0.2) is 64.2 Å². The van der Waals surface area contributed by atoms with Crippen molar-refractivity contribution in [3.8, 4) is 11.1 Å². The van der Waals surface area contributed by atoms with Gasteiger partial charge in [0.2, 0.25) is 0 Å². The first-order chi connectivity index (χ1) is 14.7. The maximum absolute atomic E-state index is 12.4. The van der Waals surface area contributed by atoms with Crippen molar-refractivity contribution < 1.29 is 23.7 Å². The average Bonchev–Trinajstić information content (AvgIpc) is 3.10. The van der Waals surface area contributed by atoms with Gasteiger partial charge in [-0.1, -0.05) is 55.1 Å².